The second-order valence-corrected chi connectivity index (χ2v) is 10.5. The zero-order valence-electron chi connectivity index (χ0n) is 17.4. The van der Waals surface area contributed by atoms with Crippen LogP contribution < -0.4 is 10.0 Å². The van der Waals surface area contributed by atoms with E-state index in [4.69, 9.17) is 11.6 Å². The number of aromatic nitrogens is 2. The molecule has 0 bridgehead atoms. The van der Waals surface area contributed by atoms with Gasteiger partial charge in [-0.1, -0.05) is 95.2 Å². The summed E-state index contributed by atoms with van der Waals surface area (Å²) in [4.78, 5) is 12.5. The highest BCUT2D eigenvalue weighted by molar-refractivity contribution is 7.91. The van der Waals surface area contributed by atoms with E-state index >= 15 is 0 Å². The molecule has 4 aromatic rings. The number of nitrogens with one attached hydrogen (secondary N) is 2. The van der Waals surface area contributed by atoms with Crippen LogP contribution in [0.4, 0.5) is 5.13 Å². The third-order valence-electron chi connectivity index (χ3n) is 4.76. The highest BCUT2D eigenvalue weighted by Crippen LogP contribution is 2.27. The molecule has 0 spiro atoms. The van der Waals surface area contributed by atoms with Gasteiger partial charge in [0.2, 0.25) is 9.47 Å². The summed E-state index contributed by atoms with van der Waals surface area (Å²) in [6, 6.07) is 22.8. The smallest absolute Gasteiger partial charge is 0.270 e. The highest BCUT2D eigenvalue weighted by Gasteiger charge is 2.27. The fourth-order valence-corrected chi connectivity index (χ4v) is 5.55. The van der Waals surface area contributed by atoms with Crippen molar-refractivity contribution in [3.05, 3.63) is 106 Å². The van der Waals surface area contributed by atoms with Crippen LogP contribution in [0.1, 0.15) is 33.1 Å². The molecule has 0 aliphatic heterocycles. The summed E-state index contributed by atoms with van der Waals surface area (Å²) in [5.74, 6) is -0.504. The summed E-state index contributed by atoms with van der Waals surface area (Å²) in [5, 5.41) is 10.5. The third kappa shape index (κ3) is 5.45. The number of sulfonamides is 1. The van der Waals surface area contributed by atoms with Crippen LogP contribution in [-0.4, -0.2) is 24.5 Å². The first-order valence-corrected chi connectivity index (χ1v) is 12.5. The number of rotatable bonds is 7. The monoisotopic (exact) mass is 498 g/mol. The Bertz CT molecular complexity index is 1390. The molecule has 1 aromatic heterocycles. The van der Waals surface area contributed by atoms with E-state index in [0.29, 0.717) is 0 Å². The second kappa shape index (κ2) is 9.80. The Labute approximate surface area is 200 Å². The lowest BCUT2D eigenvalue weighted by atomic mass is 9.98. The Morgan fingerprint density at radius 2 is 1.64 bits per heavy atom. The van der Waals surface area contributed by atoms with E-state index in [0.717, 1.165) is 28.0 Å². The molecule has 2 N–H and O–H groups in total. The minimum atomic E-state index is -4.04. The van der Waals surface area contributed by atoms with E-state index in [1.807, 2.05) is 61.5 Å². The van der Waals surface area contributed by atoms with Crippen molar-refractivity contribution in [2.75, 3.05) is 5.32 Å². The maximum Gasteiger partial charge on any atom is 0.270 e. The van der Waals surface area contributed by atoms with Crippen LogP contribution in [0.3, 0.4) is 0 Å². The van der Waals surface area contributed by atoms with Gasteiger partial charge in [-0.25, -0.2) is 8.42 Å². The maximum absolute atomic E-state index is 13.2. The summed E-state index contributed by atoms with van der Waals surface area (Å²) in [6.07, 6.45) is 0. The van der Waals surface area contributed by atoms with Crippen molar-refractivity contribution in [3.63, 3.8) is 0 Å². The van der Waals surface area contributed by atoms with Gasteiger partial charge in [-0.2, -0.15) is 4.72 Å². The zero-order chi connectivity index (χ0) is 23.4. The lowest BCUT2D eigenvalue weighted by molar-refractivity contribution is 0.102. The molecule has 4 rings (SSSR count). The van der Waals surface area contributed by atoms with Gasteiger partial charge in [0.1, 0.15) is 0 Å². The molecule has 1 heterocycles. The quantitative estimate of drug-likeness (QED) is 0.356. The van der Waals surface area contributed by atoms with Crippen LogP contribution in [0.25, 0.3) is 0 Å². The van der Waals surface area contributed by atoms with Gasteiger partial charge in [0, 0.05) is 0 Å². The summed E-state index contributed by atoms with van der Waals surface area (Å²) < 4.78 is 28.8. The van der Waals surface area contributed by atoms with Gasteiger partial charge in [0.25, 0.3) is 15.9 Å². The van der Waals surface area contributed by atoms with Crippen LogP contribution in [0.5, 0.6) is 0 Å². The molecule has 0 unspecified atom stereocenters. The van der Waals surface area contributed by atoms with E-state index in [1.54, 1.807) is 24.3 Å². The van der Waals surface area contributed by atoms with E-state index in [9.17, 15) is 13.2 Å². The van der Waals surface area contributed by atoms with E-state index < -0.39 is 22.0 Å². The molecular weight excluding hydrogens is 480 g/mol. The number of hydrogen-bond acceptors (Lipinski definition) is 6. The molecule has 0 saturated heterocycles. The predicted octanol–water partition coefficient (Wildman–Crippen LogP) is 4.82. The number of benzene rings is 3. The molecule has 33 heavy (non-hydrogen) atoms. The Kier molecular flexibility index (Phi) is 6.85. The fraction of sp³-hybridized carbons (Fsp3) is 0.0870. The molecular formula is C23H19ClN4O3S2. The summed E-state index contributed by atoms with van der Waals surface area (Å²) in [5.41, 5.74) is 2.83. The molecule has 168 valence electrons. The molecule has 0 saturated carbocycles. The standard InChI is InChI=1S/C23H19ClN4O3S2/c1-15-8-7-11-17(14-15)20(16-9-3-2-4-10-16)28-33(30,31)23-27-26-22(32-23)25-21(29)18-12-5-6-13-19(18)24/h2-14,20,28H,1H3,(H,25,26,29)/t20-/m0/s1. The lowest BCUT2D eigenvalue weighted by Crippen LogP contribution is -2.29. The summed E-state index contributed by atoms with van der Waals surface area (Å²) in [6.45, 7) is 1.94. The van der Waals surface area contributed by atoms with Gasteiger partial charge in [-0.05, 0) is 30.2 Å². The van der Waals surface area contributed by atoms with Crippen LogP contribution in [0.15, 0.2) is 83.2 Å². The van der Waals surface area contributed by atoms with E-state index in [2.05, 4.69) is 20.2 Å². The van der Waals surface area contributed by atoms with Crippen molar-refractivity contribution in [2.45, 2.75) is 17.3 Å². The fourth-order valence-electron chi connectivity index (χ4n) is 3.21. The first-order chi connectivity index (χ1) is 15.8. The van der Waals surface area contributed by atoms with Crippen LogP contribution >= 0.6 is 22.9 Å². The zero-order valence-corrected chi connectivity index (χ0v) is 19.8. The Hall–Kier alpha value is -3.11. The number of nitrogens with zero attached hydrogens (tertiary/aromatic N) is 2. The van der Waals surface area contributed by atoms with E-state index in [1.165, 1.54) is 0 Å². The number of carbonyl (C=O) groups excluding carboxylic acids is 1. The third-order valence-corrected chi connectivity index (χ3v) is 7.72. The molecule has 3 aromatic carbocycles. The van der Waals surface area contributed by atoms with Crippen molar-refractivity contribution in [3.8, 4) is 0 Å². The number of hydrogen-bond donors (Lipinski definition) is 2. The number of halogens is 1. The van der Waals surface area contributed by atoms with Gasteiger partial charge in [0.15, 0.2) is 0 Å². The van der Waals surface area contributed by atoms with Crippen molar-refractivity contribution in [1.82, 2.24) is 14.9 Å². The summed E-state index contributed by atoms with van der Waals surface area (Å²) >= 11 is 6.81. The first-order valence-electron chi connectivity index (χ1n) is 9.87. The lowest BCUT2D eigenvalue weighted by Gasteiger charge is -2.19. The van der Waals surface area contributed by atoms with Gasteiger partial charge < -0.3 is 0 Å². The molecule has 1 atom stereocenters. The molecule has 0 radical (unpaired) electrons. The largest absolute Gasteiger partial charge is 0.296 e. The average Bonchev–Trinajstić information content (AvgIpc) is 3.28. The molecule has 0 fully saturated rings. The molecule has 0 aliphatic rings. The SMILES string of the molecule is Cc1cccc([C@@H](NS(=O)(=O)c2nnc(NC(=O)c3ccccc3Cl)s2)c2ccccc2)c1. The van der Waals surface area contributed by atoms with Crippen molar-refractivity contribution in [1.29, 1.82) is 0 Å². The second-order valence-electron chi connectivity index (χ2n) is 7.19. The molecule has 10 heteroatoms. The van der Waals surface area contributed by atoms with Gasteiger partial charge in [-0.15, -0.1) is 10.2 Å². The average molecular weight is 499 g/mol. The van der Waals surface area contributed by atoms with Crippen LogP contribution in [-0.2, 0) is 10.0 Å². The number of amides is 1. The number of aryl methyl sites for hydroxylation is 1. The maximum atomic E-state index is 13.2. The minimum absolute atomic E-state index is 0.0483. The molecule has 1 amide bonds. The predicted molar refractivity (Wildman–Crippen MR) is 129 cm³/mol. The topological polar surface area (TPSA) is 101 Å². The first kappa shape index (κ1) is 23.1. The molecule has 7 nitrogen and oxygen atoms in total. The summed E-state index contributed by atoms with van der Waals surface area (Å²) in [7, 11) is -4.04. The van der Waals surface area contributed by atoms with Crippen molar-refractivity contribution >= 4 is 44.0 Å². The van der Waals surface area contributed by atoms with Gasteiger partial charge in [-0.3, -0.25) is 10.1 Å². The van der Waals surface area contributed by atoms with E-state index in [-0.39, 0.29) is 20.1 Å². The van der Waals surface area contributed by atoms with Gasteiger partial charge >= 0.3 is 0 Å². The van der Waals surface area contributed by atoms with Gasteiger partial charge in [0.05, 0.1) is 16.6 Å². The number of carbonyl (C=O) groups is 1. The number of anilines is 1. The Morgan fingerprint density at radius 1 is 0.939 bits per heavy atom. The normalized spacial score (nSPS) is 12.3. The Balaban J connectivity index is 1.59. The minimum Gasteiger partial charge on any atom is -0.296 e. The van der Waals surface area contributed by atoms with Crippen molar-refractivity contribution < 1.29 is 13.2 Å². The highest BCUT2D eigenvalue weighted by atomic mass is 35.5. The Morgan fingerprint density at radius 3 is 2.36 bits per heavy atom. The van der Waals surface area contributed by atoms with Crippen LogP contribution in [0.2, 0.25) is 5.02 Å². The molecule has 0 aliphatic carbocycles. The van der Waals surface area contributed by atoms with Crippen molar-refractivity contribution in [2.24, 2.45) is 0 Å². The van der Waals surface area contributed by atoms with Crippen LogP contribution in [0, 0.1) is 6.92 Å².